The molecule has 31 heavy (non-hydrogen) atoms. The van der Waals surface area contributed by atoms with Gasteiger partial charge in [-0.2, -0.15) is 0 Å². The smallest absolute Gasteiger partial charge is 0.274 e. The zero-order valence-electron chi connectivity index (χ0n) is 18.1. The molecule has 0 spiro atoms. The molecule has 1 aromatic heterocycles. The second-order valence-electron chi connectivity index (χ2n) is 8.38. The van der Waals surface area contributed by atoms with Crippen molar-refractivity contribution in [1.82, 2.24) is 30.1 Å². The zero-order chi connectivity index (χ0) is 22.0. The number of hydrogen-bond donors (Lipinski definition) is 2. The highest BCUT2D eigenvalue weighted by atomic mass is 16.3. The topological polar surface area (TPSA) is 104 Å². The summed E-state index contributed by atoms with van der Waals surface area (Å²) >= 11 is 0. The van der Waals surface area contributed by atoms with E-state index in [4.69, 9.17) is 0 Å². The number of aromatic nitrogens is 3. The van der Waals surface area contributed by atoms with E-state index < -0.39 is 6.10 Å². The molecule has 2 N–H and O–H groups in total. The van der Waals surface area contributed by atoms with Crippen LogP contribution in [0, 0.1) is 6.92 Å². The normalized spacial score (nSPS) is 24.7. The molecule has 2 fully saturated rings. The number of amides is 2. The number of aliphatic hydroxyl groups is 1. The molecule has 1 aliphatic heterocycles. The van der Waals surface area contributed by atoms with Crippen LogP contribution in [0.5, 0.6) is 0 Å². The quantitative estimate of drug-likeness (QED) is 0.748. The van der Waals surface area contributed by atoms with Gasteiger partial charge in [0.15, 0.2) is 5.69 Å². The summed E-state index contributed by atoms with van der Waals surface area (Å²) in [5, 5.41) is 22.2. The second kappa shape index (κ2) is 9.15. The molecular weight excluding hydrogens is 396 g/mol. The number of piperazine rings is 1. The Bertz CT molecular complexity index is 923. The number of nitrogens with zero attached hydrogens (tertiary/aromatic N) is 5. The SMILES string of the molecule is CC(=O)N1CCN([C@@H]2CCC[C@@H](NC(=O)c3nnn(-c4ccccc4)c3C)[C@H]2O)CC1. The van der Waals surface area contributed by atoms with Gasteiger partial charge in [-0.1, -0.05) is 23.4 Å². The van der Waals surface area contributed by atoms with Gasteiger partial charge in [0.2, 0.25) is 5.91 Å². The van der Waals surface area contributed by atoms with Crippen LogP contribution in [-0.4, -0.2) is 86.1 Å². The minimum Gasteiger partial charge on any atom is -0.389 e. The monoisotopic (exact) mass is 426 g/mol. The molecule has 9 nitrogen and oxygen atoms in total. The predicted molar refractivity (Wildman–Crippen MR) is 115 cm³/mol. The molecule has 4 rings (SSSR count). The third kappa shape index (κ3) is 4.47. The van der Waals surface area contributed by atoms with E-state index in [1.54, 1.807) is 11.6 Å². The van der Waals surface area contributed by atoms with Crippen molar-refractivity contribution in [1.29, 1.82) is 0 Å². The van der Waals surface area contributed by atoms with Crippen molar-refractivity contribution in [3.8, 4) is 5.69 Å². The summed E-state index contributed by atoms with van der Waals surface area (Å²) in [4.78, 5) is 28.6. The average molecular weight is 427 g/mol. The molecule has 9 heteroatoms. The lowest BCUT2D eigenvalue weighted by atomic mass is 9.86. The summed E-state index contributed by atoms with van der Waals surface area (Å²) in [6.45, 7) is 6.25. The summed E-state index contributed by atoms with van der Waals surface area (Å²) in [5.41, 5.74) is 1.77. The Kier molecular flexibility index (Phi) is 6.33. The highest BCUT2D eigenvalue weighted by molar-refractivity contribution is 5.93. The first-order valence-electron chi connectivity index (χ1n) is 10.9. The van der Waals surface area contributed by atoms with Crippen molar-refractivity contribution < 1.29 is 14.7 Å². The number of carbonyl (C=O) groups is 2. The van der Waals surface area contributed by atoms with Crippen LogP contribution in [0.2, 0.25) is 0 Å². The number of benzene rings is 1. The fraction of sp³-hybridized carbons (Fsp3) is 0.545. The van der Waals surface area contributed by atoms with Gasteiger partial charge >= 0.3 is 0 Å². The van der Waals surface area contributed by atoms with Crippen LogP contribution < -0.4 is 5.32 Å². The van der Waals surface area contributed by atoms with E-state index >= 15 is 0 Å². The lowest BCUT2D eigenvalue weighted by Gasteiger charge is -2.44. The molecule has 1 saturated heterocycles. The maximum absolute atomic E-state index is 12.9. The molecule has 166 valence electrons. The molecule has 1 aromatic carbocycles. The van der Waals surface area contributed by atoms with Crippen LogP contribution in [0.3, 0.4) is 0 Å². The first kappa shape index (κ1) is 21.5. The lowest BCUT2D eigenvalue weighted by molar-refractivity contribution is -0.131. The summed E-state index contributed by atoms with van der Waals surface area (Å²) in [6, 6.07) is 9.20. The first-order chi connectivity index (χ1) is 15.0. The fourth-order valence-electron chi connectivity index (χ4n) is 4.67. The van der Waals surface area contributed by atoms with Gasteiger partial charge < -0.3 is 15.3 Å². The van der Waals surface area contributed by atoms with Crippen molar-refractivity contribution in [2.24, 2.45) is 0 Å². The van der Waals surface area contributed by atoms with Gasteiger partial charge in [0, 0.05) is 39.1 Å². The van der Waals surface area contributed by atoms with E-state index in [9.17, 15) is 14.7 Å². The Balaban J connectivity index is 1.41. The molecule has 1 aliphatic carbocycles. The van der Waals surface area contributed by atoms with Crippen LogP contribution >= 0.6 is 0 Å². The molecule has 0 radical (unpaired) electrons. The average Bonchev–Trinajstić information content (AvgIpc) is 3.17. The Labute approximate surface area is 182 Å². The number of carbonyl (C=O) groups excluding carboxylic acids is 2. The summed E-state index contributed by atoms with van der Waals surface area (Å²) in [5.74, 6) is -0.223. The van der Waals surface area contributed by atoms with E-state index in [0.29, 0.717) is 18.8 Å². The minimum absolute atomic E-state index is 0.0192. The first-order valence-corrected chi connectivity index (χ1v) is 10.9. The van der Waals surface area contributed by atoms with Gasteiger partial charge in [0.1, 0.15) is 0 Å². The molecular formula is C22H30N6O3. The van der Waals surface area contributed by atoms with E-state index in [0.717, 1.165) is 38.0 Å². The van der Waals surface area contributed by atoms with Crippen LogP contribution in [-0.2, 0) is 4.79 Å². The van der Waals surface area contributed by atoms with Gasteiger partial charge in [0.05, 0.1) is 23.5 Å². The van der Waals surface area contributed by atoms with Gasteiger partial charge in [-0.25, -0.2) is 4.68 Å². The molecule has 2 amide bonds. The zero-order valence-corrected chi connectivity index (χ0v) is 18.1. The molecule has 3 atom stereocenters. The highest BCUT2D eigenvalue weighted by Gasteiger charge is 2.38. The summed E-state index contributed by atoms with van der Waals surface area (Å²) < 4.78 is 1.64. The largest absolute Gasteiger partial charge is 0.389 e. The van der Waals surface area contributed by atoms with Gasteiger partial charge in [-0.05, 0) is 38.3 Å². The molecule has 2 heterocycles. The van der Waals surface area contributed by atoms with E-state index in [1.807, 2.05) is 42.2 Å². The molecule has 2 aromatic rings. The maximum Gasteiger partial charge on any atom is 0.274 e. The number of nitrogens with one attached hydrogen (secondary N) is 1. The van der Waals surface area contributed by atoms with Crippen LogP contribution in [0.1, 0.15) is 42.4 Å². The number of aliphatic hydroxyl groups excluding tert-OH is 1. The van der Waals surface area contributed by atoms with Crippen molar-refractivity contribution in [3.05, 3.63) is 41.7 Å². The van der Waals surface area contributed by atoms with Crippen LogP contribution in [0.25, 0.3) is 5.69 Å². The molecule has 0 unspecified atom stereocenters. The fourth-order valence-corrected chi connectivity index (χ4v) is 4.67. The van der Waals surface area contributed by atoms with Gasteiger partial charge in [-0.15, -0.1) is 5.10 Å². The summed E-state index contributed by atoms with van der Waals surface area (Å²) in [7, 11) is 0. The molecule has 2 aliphatic rings. The third-order valence-corrected chi connectivity index (χ3v) is 6.48. The third-order valence-electron chi connectivity index (χ3n) is 6.48. The Hall–Kier alpha value is -2.78. The lowest BCUT2D eigenvalue weighted by Crippen LogP contribution is -2.60. The Morgan fingerprint density at radius 1 is 1.10 bits per heavy atom. The van der Waals surface area contributed by atoms with Crippen LogP contribution in [0.15, 0.2) is 30.3 Å². The van der Waals surface area contributed by atoms with Crippen molar-refractivity contribution >= 4 is 11.8 Å². The number of para-hydroxylation sites is 1. The second-order valence-corrected chi connectivity index (χ2v) is 8.38. The van der Waals surface area contributed by atoms with Crippen LogP contribution in [0.4, 0.5) is 0 Å². The van der Waals surface area contributed by atoms with Crippen molar-refractivity contribution in [3.63, 3.8) is 0 Å². The Morgan fingerprint density at radius 2 is 1.81 bits per heavy atom. The summed E-state index contributed by atoms with van der Waals surface area (Å²) in [6.07, 6.45) is 1.88. The maximum atomic E-state index is 12.9. The number of rotatable bonds is 4. The van der Waals surface area contributed by atoms with Gasteiger partial charge in [-0.3, -0.25) is 14.5 Å². The van der Waals surface area contributed by atoms with E-state index in [1.165, 1.54) is 0 Å². The van der Waals surface area contributed by atoms with Gasteiger partial charge in [0.25, 0.3) is 5.91 Å². The van der Waals surface area contributed by atoms with Crippen molar-refractivity contribution in [2.45, 2.75) is 51.3 Å². The highest BCUT2D eigenvalue weighted by Crippen LogP contribution is 2.25. The van der Waals surface area contributed by atoms with Crippen molar-refractivity contribution in [2.75, 3.05) is 26.2 Å². The van der Waals surface area contributed by atoms with E-state index in [-0.39, 0.29) is 29.6 Å². The predicted octanol–water partition coefficient (Wildman–Crippen LogP) is 0.752. The standard InChI is InChI=1S/C22H30N6O3/c1-15-20(24-25-28(15)17-7-4-3-5-8-17)22(31)23-18-9-6-10-19(21(18)30)27-13-11-26(12-14-27)16(2)29/h3-5,7-8,18-19,21,30H,6,9-14H2,1-2H3,(H,23,31)/t18-,19-,21-/m1/s1. The molecule has 1 saturated carbocycles. The molecule has 0 bridgehead atoms. The minimum atomic E-state index is -0.661. The van der Waals surface area contributed by atoms with E-state index in [2.05, 4.69) is 20.5 Å². The number of hydrogen-bond acceptors (Lipinski definition) is 6. The Morgan fingerprint density at radius 3 is 2.48 bits per heavy atom.